The predicted molar refractivity (Wildman–Crippen MR) is 117 cm³/mol. The van der Waals surface area contributed by atoms with Crippen LogP contribution < -0.4 is 16.4 Å². The predicted octanol–water partition coefficient (Wildman–Crippen LogP) is 1.87. The highest BCUT2D eigenvalue weighted by Crippen LogP contribution is 2.46. The molecule has 0 aromatic heterocycles. The van der Waals surface area contributed by atoms with Crippen molar-refractivity contribution in [1.82, 2.24) is 15.5 Å². The van der Waals surface area contributed by atoms with Crippen molar-refractivity contribution in [1.29, 1.82) is 0 Å². The topological polar surface area (TPSA) is 87.5 Å². The first-order valence-corrected chi connectivity index (χ1v) is 10.7. The molecule has 6 heteroatoms. The van der Waals surface area contributed by atoms with E-state index in [-0.39, 0.29) is 23.8 Å². The number of nitrogens with zero attached hydrogens (tertiary/aromatic N) is 1. The van der Waals surface area contributed by atoms with Gasteiger partial charge in [0.05, 0.1) is 11.6 Å². The smallest absolute Gasteiger partial charge is 0.254 e. The molecule has 2 aliphatic rings. The Bertz CT molecular complexity index is 899. The maximum atomic E-state index is 13.6. The zero-order valence-corrected chi connectivity index (χ0v) is 17.4. The van der Waals surface area contributed by atoms with Crippen molar-refractivity contribution in [3.05, 3.63) is 71.3 Å². The van der Waals surface area contributed by atoms with Crippen molar-refractivity contribution in [2.75, 3.05) is 26.2 Å². The number of carbonyl (C=O) groups is 2. The molecule has 30 heavy (non-hydrogen) atoms. The maximum Gasteiger partial charge on any atom is 0.254 e. The quantitative estimate of drug-likeness (QED) is 0.707. The van der Waals surface area contributed by atoms with Crippen LogP contribution in [0.15, 0.2) is 54.6 Å². The highest BCUT2D eigenvalue weighted by molar-refractivity contribution is 5.95. The average Bonchev–Trinajstić information content (AvgIpc) is 3.09. The van der Waals surface area contributed by atoms with E-state index in [9.17, 15) is 9.59 Å². The van der Waals surface area contributed by atoms with Crippen molar-refractivity contribution in [2.45, 2.75) is 31.3 Å². The van der Waals surface area contributed by atoms with Gasteiger partial charge in [-0.05, 0) is 49.2 Å². The van der Waals surface area contributed by atoms with E-state index in [0.717, 1.165) is 37.1 Å². The Morgan fingerprint density at radius 3 is 2.57 bits per heavy atom. The van der Waals surface area contributed by atoms with Crippen molar-refractivity contribution < 1.29 is 9.59 Å². The Kier molecular flexibility index (Phi) is 5.88. The number of benzene rings is 2. The van der Waals surface area contributed by atoms with Crippen molar-refractivity contribution in [3.8, 4) is 0 Å². The molecule has 2 heterocycles. The van der Waals surface area contributed by atoms with Gasteiger partial charge in [0.2, 0.25) is 5.91 Å². The largest absolute Gasteiger partial charge is 0.349 e. The molecule has 2 aromatic rings. The fourth-order valence-electron chi connectivity index (χ4n) is 5.13. The number of fused-ring (bicyclic) bond motifs is 1. The summed E-state index contributed by atoms with van der Waals surface area (Å²) in [6.07, 6.45) is 1.60. The summed E-state index contributed by atoms with van der Waals surface area (Å²) in [5.74, 6) is 0.0643. The Morgan fingerprint density at radius 1 is 1.17 bits per heavy atom. The molecule has 2 fully saturated rings. The van der Waals surface area contributed by atoms with Crippen molar-refractivity contribution in [3.63, 3.8) is 0 Å². The van der Waals surface area contributed by atoms with Crippen LogP contribution in [0.3, 0.4) is 0 Å². The van der Waals surface area contributed by atoms with Gasteiger partial charge in [-0.2, -0.15) is 0 Å². The highest BCUT2D eigenvalue weighted by atomic mass is 16.2. The molecule has 2 saturated heterocycles. The molecule has 0 radical (unpaired) electrons. The van der Waals surface area contributed by atoms with Gasteiger partial charge in [0.1, 0.15) is 0 Å². The standard InChI is InChI=1S/C24H30N4O2/c1-17(29)27-24-12-14-26-15-21(24)22(19-5-3-2-4-6-19)28(16-24)23(30)20-9-7-18(8-10-20)11-13-25/h2-10,21-22,26H,11-16,25H2,1H3,(H,27,29)/t21-,22-,24-/m1/s1. The molecule has 3 atom stereocenters. The van der Waals surface area contributed by atoms with Crippen LogP contribution in [0.1, 0.15) is 40.9 Å². The van der Waals surface area contributed by atoms with Crippen LogP contribution in [-0.4, -0.2) is 48.4 Å². The molecule has 4 N–H and O–H groups in total. The molecule has 0 spiro atoms. The molecule has 2 amide bonds. The van der Waals surface area contributed by atoms with Crippen LogP contribution in [0.25, 0.3) is 0 Å². The minimum Gasteiger partial charge on any atom is -0.349 e. The van der Waals surface area contributed by atoms with Crippen LogP contribution in [0.2, 0.25) is 0 Å². The minimum atomic E-state index is -0.410. The van der Waals surface area contributed by atoms with E-state index in [4.69, 9.17) is 5.73 Å². The number of carbonyl (C=O) groups excluding carboxylic acids is 2. The van der Waals surface area contributed by atoms with Crippen molar-refractivity contribution >= 4 is 11.8 Å². The number of amides is 2. The third-order valence-electron chi connectivity index (χ3n) is 6.45. The van der Waals surface area contributed by atoms with E-state index in [1.54, 1.807) is 6.92 Å². The fourth-order valence-corrected chi connectivity index (χ4v) is 5.13. The second-order valence-electron chi connectivity index (χ2n) is 8.42. The molecule has 0 saturated carbocycles. The normalized spacial score (nSPS) is 25.6. The van der Waals surface area contributed by atoms with Gasteiger partial charge in [-0.3, -0.25) is 9.59 Å². The van der Waals surface area contributed by atoms with E-state index in [1.165, 1.54) is 0 Å². The first-order valence-electron chi connectivity index (χ1n) is 10.7. The zero-order valence-electron chi connectivity index (χ0n) is 17.4. The van der Waals surface area contributed by atoms with Gasteiger partial charge in [-0.1, -0.05) is 42.5 Å². The summed E-state index contributed by atoms with van der Waals surface area (Å²) in [4.78, 5) is 27.7. The Balaban J connectivity index is 1.72. The van der Waals surface area contributed by atoms with E-state index in [2.05, 4.69) is 22.8 Å². The second kappa shape index (κ2) is 8.58. The first kappa shape index (κ1) is 20.6. The van der Waals surface area contributed by atoms with E-state index in [0.29, 0.717) is 18.7 Å². The lowest BCUT2D eigenvalue weighted by molar-refractivity contribution is -0.121. The Labute approximate surface area is 177 Å². The lowest BCUT2D eigenvalue weighted by atomic mass is 9.76. The maximum absolute atomic E-state index is 13.6. The lowest BCUT2D eigenvalue weighted by Crippen LogP contribution is -2.60. The second-order valence-corrected chi connectivity index (χ2v) is 8.42. The molecule has 0 bridgehead atoms. The summed E-state index contributed by atoms with van der Waals surface area (Å²) in [5, 5.41) is 6.71. The van der Waals surface area contributed by atoms with E-state index < -0.39 is 5.54 Å². The average molecular weight is 407 g/mol. The third-order valence-corrected chi connectivity index (χ3v) is 6.45. The van der Waals surface area contributed by atoms with Gasteiger partial charge in [-0.25, -0.2) is 0 Å². The number of hydrogen-bond donors (Lipinski definition) is 3. The monoisotopic (exact) mass is 406 g/mol. The van der Waals surface area contributed by atoms with Crippen LogP contribution in [-0.2, 0) is 11.2 Å². The summed E-state index contributed by atoms with van der Waals surface area (Å²) in [5.41, 5.74) is 8.13. The van der Waals surface area contributed by atoms with Gasteiger partial charge in [0.15, 0.2) is 0 Å². The van der Waals surface area contributed by atoms with Crippen LogP contribution in [0.4, 0.5) is 0 Å². The molecule has 6 nitrogen and oxygen atoms in total. The zero-order chi connectivity index (χ0) is 21.1. The summed E-state index contributed by atoms with van der Waals surface area (Å²) in [7, 11) is 0. The third kappa shape index (κ3) is 3.85. The SMILES string of the molecule is CC(=O)N[C@@]12CCNC[C@@H]1[C@@H](c1ccccc1)N(C(=O)c1ccc(CCN)cc1)C2. The highest BCUT2D eigenvalue weighted by Gasteiger charge is 2.55. The number of hydrogen-bond acceptors (Lipinski definition) is 4. The molecular weight excluding hydrogens is 376 g/mol. The van der Waals surface area contributed by atoms with E-state index in [1.807, 2.05) is 47.4 Å². The number of piperidine rings is 1. The van der Waals surface area contributed by atoms with Gasteiger partial charge in [0, 0.05) is 31.5 Å². The van der Waals surface area contributed by atoms with Crippen LogP contribution >= 0.6 is 0 Å². The number of nitrogens with one attached hydrogen (secondary N) is 2. The minimum absolute atomic E-state index is 0.00211. The Morgan fingerprint density at radius 2 is 1.90 bits per heavy atom. The van der Waals surface area contributed by atoms with Crippen molar-refractivity contribution in [2.24, 2.45) is 11.7 Å². The molecule has 2 aliphatic heterocycles. The van der Waals surface area contributed by atoms with Gasteiger partial charge >= 0.3 is 0 Å². The molecule has 4 rings (SSSR count). The van der Waals surface area contributed by atoms with Crippen LogP contribution in [0, 0.1) is 5.92 Å². The van der Waals surface area contributed by atoms with Gasteiger partial charge in [-0.15, -0.1) is 0 Å². The molecule has 2 aromatic carbocycles. The summed E-state index contributed by atoms with van der Waals surface area (Å²) in [6, 6.07) is 17.8. The Hall–Kier alpha value is -2.70. The molecule has 0 unspecified atom stereocenters. The number of likely N-dealkylation sites (tertiary alicyclic amines) is 1. The fraction of sp³-hybridized carbons (Fsp3) is 0.417. The lowest BCUT2D eigenvalue weighted by Gasteiger charge is -2.40. The number of nitrogens with two attached hydrogens (primary N) is 1. The summed E-state index contributed by atoms with van der Waals surface area (Å²) < 4.78 is 0. The number of rotatable bonds is 5. The molecule has 0 aliphatic carbocycles. The summed E-state index contributed by atoms with van der Waals surface area (Å²) >= 11 is 0. The molecular formula is C24H30N4O2. The molecule has 158 valence electrons. The van der Waals surface area contributed by atoms with Gasteiger partial charge in [0.25, 0.3) is 5.91 Å². The van der Waals surface area contributed by atoms with Gasteiger partial charge < -0.3 is 21.3 Å². The first-order chi connectivity index (χ1) is 14.5. The summed E-state index contributed by atoms with van der Waals surface area (Å²) in [6.45, 7) is 4.25. The van der Waals surface area contributed by atoms with E-state index >= 15 is 0 Å². The van der Waals surface area contributed by atoms with Crippen LogP contribution in [0.5, 0.6) is 0 Å².